The number of carbonyl (C=O) groups excluding carboxylic acids is 1. The summed E-state index contributed by atoms with van der Waals surface area (Å²) in [5.41, 5.74) is 3.00. The van der Waals surface area contributed by atoms with Gasteiger partial charge in [0, 0.05) is 42.2 Å². The molecule has 1 fully saturated rings. The van der Waals surface area contributed by atoms with Crippen LogP contribution in [0.25, 0.3) is 28.1 Å². The Labute approximate surface area is 186 Å². The molecule has 4 aromatic rings. The Morgan fingerprint density at radius 3 is 2.76 bits per heavy atom. The number of carbonyl (C=O) groups is 1. The largest absolute Gasteiger partial charge is 0.395 e. The van der Waals surface area contributed by atoms with Crippen molar-refractivity contribution in [2.75, 3.05) is 6.54 Å². The van der Waals surface area contributed by atoms with Crippen molar-refractivity contribution in [3.05, 3.63) is 54.9 Å². The lowest BCUT2D eigenvalue weighted by molar-refractivity contribution is -0.152. The number of hydrogen-bond donors (Lipinski definition) is 2. The molecule has 1 amide bonds. The molecule has 4 heterocycles. The van der Waals surface area contributed by atoms with Crippen LogP contribution in [0.1, 0.15) is 30.7 Å². The van der Waals surface area contributed by atoms with Gasteiger partial charge in [-0.3, -0.25) is 4.79 Å². The number of alkyl halides is 3. The first-order valence-electron chi connectivity index (χ1n) is 10.5. The molecule has 1 aliphatic carbocycles. The molecular formula is C22H20F3N7O. The van der Waals surface area contributed by atoms with E-state index in [9.17, 15) is 18.0 Å². The van der Waals surface area contributed by atoms with E-state index in [0.717, 1.165) is 24.0 Å². The Morgan fingerprint density at radius 2 is 2.03 bits per heavy atom. The van der Waals surface area contributed by atoms with Gasteiger partial charge in [0.15, 0.2) is 11.5 Å². The quantitative estimate of drug-likeness (QED) is 0.442. The van der Waals surface area contributed by atoms with E-state index in [1.807, 2.05) is 6.07 Å². The van der Waals surface area contributed by atoms with Gasteiger partial charge in [-0.2, -0.15) is 18.3 Å². The highest BCUT2D eigenvalue weighted by molar-refractivity contribution is 5.88. The van der Waals surface area contributed by atoms with Crippen LogP contribution in [0.15, 0.2) is 49.3 Å². The number of H-pyrrole nitrogens is 1. The second-order valence-corrected chi connectivity index (χ2v) is 8.03. The third-order valence-corrected chi connectivity index (χ3v) is 5.70. The fraction of sp³-hybridized carbons (Fsp3) is 0.318. The maximum absolute atomic E-state index is 13.6. The van der Waals surface area contributed by atoms with E-state index in [-0.39, 0.29) is 30.4 Å². The first-order valence-corrected chi connectivity index (χ1v) is 10.5. The summed E-state index contributed by atoms with van der Waals surface area (Å²) in [6, 6.07) is 4.73. The lowest BCUT2D eigenvalue weighted by atomic mass is 9.96. The van der Waals surface area contributed by atoms with Gasteiger partial charge in [0.2, 0.25) is 5.91 Å². The number of hydrogen-bond acceptors (Lipinski definition) is 5. The third kappa shape index (κ3) is 4.43. The molecule has 0 bridgehead atoms. The van der Waals surface area contributed by atoms with Gasteiger partial charge in [-0.25, -0.2) is 19.6 Å². The number of aromatic amines is 1. The van der Waals surface area contributed by atoms with Crippen molar-refractivity contribution in [2.45, 2.75) is 31.4 Å². The zero-order valence-corrected chi connectivity index (χ0v) is 17.4. The SMILES string of the molecule is O=C(NCCC(c1ccc(-n2cc(-c3ccnc4[nH]cnc34)cn2)nc1)C(F)(F)F)C1CC1. The highest BCUT2D eigenvalue weighted by atomic mass is 19.4. The molecule has 0 aliphatic heterocycles. The fourth-order valence-electron chi connectivity index (χ4n) is 3.76. The molecule has 8 nitrogen and oxygen atoms in total. The number of nitrogens with one attached hydrogen (secondary N) is 2. The van der Waals surface area contributed by atoms with E-state index in [4.69, 9.17) is 0 Å². The molecule has 170 valence electrons. The van der Waals surface area contributed by atoms with Crippen LogP contribution in [0.4, 0.5) is 13.2 Å². The van der Waals surface area contributed by atoms with Crippen molar-refractivity contribution in [2.24, 2.45) is 5.92 Å². The normalized spacial score (nSPS) is 15.0. The standard InChI is InChI=1S/C22H20F3N7O/c23-22(24,25)17(6-8-27-21(33)13-1-2-13)14-3-4-18(28-9-14)32-11-15(10-31-32)16-5-7-26-20-19(16)29-12-30-20/h3-5,7,9-13,17H,1-2,6,8H2,(H,27,33)(H,26,29,30). The second kappa shape index (κ2) is 8.30. The number of amides is 1. The Balaban J connectivity index is 1.33. The second-order valence-electron chi connectivity index (χ2n) is 8.03. The van der Waals surface area contributed by atoms with Crippen LogP contribution in [-0.4, -0.2) is 48.3 Å². The third-order valence-electron chi connectivity index (χ3n) is 5.70. The topological polar surface area (TPSA) is 101 Å². The van der Waals surface area contributed by atoms with E-state index in [1.165, 1.54) is 23.0 Å². The van der Waals surface area contributed by atoms with Crippen LogP contribution in [-0.2, 0) is 4.79 Å². The average molecular weight is 455 g/mol. The number of imidazole rings is 1. The Bertz CT molecular complexity index is 1280. The summed E-state index contributed by atoms with van der Waals surface area (Å²) in [6.07, 6.45) is 4.74. The summed E-state index contributed by atoms with van der Waals surface area (Å²) >= 11 is 0. The van der Waals surface area contributed by atoms with E-state index >= 15 is 0 Å². The smallest absolute Gasteiger partial charge is 0.356 e. The molecule has 0 spiro atoms. The van der Waals surface area contributed by atoms with Gasteiger partial charge in [-0.05, 0) is 37.0 Å². The molecule has 0 radical (unpaired) electrons. The van der Waals surface area contributed by atoms with Crippen molar-refractivity contribution in [1.82, 2.24) is 35.0 Å². The summed E-state index contributed by atoms with van der Waals surface area (Å²) in [4.78, 5) is 27.3. The van der Waals surface area contributed by atoms with Crippen molar-refractivity contribution >= 4 is 17.1 Å². The molecule has 33 heavy (non-hydrogen) atoms. The maximum atomic E-state index is 13.6. The highest BCUT2D eigenvalue weighted by Crippen LogP contribution is 2.37. The lowest BCUT2D eigenvalue weighted by Crippen LogP contribution is -2.30. The molecule has 1 saturated carbocycles. The Morgan fingerprint density at radius 1 is 1.18 bits per heavy atom. The average Bonchev–Trinajstić information content (AvgIpc) is 3.33. The Hall–Kier alpha value is -3.76. The number of pyridine rings is 2. The number of rotatable bonds is 7. The molecule has 1 unspecified atom stereocenters. The van der Waals surface area contributed by atoms with Gasteiger partial charge >= 0.3 is 6.18 Å². The minimum Gasteiger partial charge on any atom is -0.356 e. The van der Waals surface area contributed by atoms with E-state index in [0.29, 0.717) is 17.0 Å². The van der Waals surface area contributed by atoms with Gasteiger partial charge < -0.3 is 10.3 Å². The zero-order chi connectivity index (χ0) is 23.0. The van der Waals surface area contributed by atoms with Crippen LogP contribution in [0.5, 0.6) is 0 Å². The molecule has 2 N–H and O–H groups in total. The summed E-state index contributed by atoms with van der Waals surface area (Å²) < 4.78 is 42.4. The van der Waals surface area contributed by atoms with Crippen molar-refractivity contribution in [1.29, 1.82) is 0 Å². The monoisotopic (exact) mass is 455 g/mol. The van der Waals surface area contributed by atoms with Crippen LogP contribution in [0, 0.1) is 5.92 Å². The number of fused-ring (bicyclic) bond motifs is 1. The summed E-state index contributed by atoms with van der Waals surface area (Å²) in [6.45, 7) is -0.0304. The Kier molecular flexibility index (Phi) is 5.31. The zero-order valence-electron chi connectivity index (χ0n) is 17.4. The van der Waals surface area contributed by atoms with Crippen LogP contribution >= 0.6 is 0 Å². The molecule has 11 heteroatoms. The van der Waals surface area contributed by atoms with Gasteiger partial charge in [0.05, 0.1) is 18.4 Å². The first-order chi connectivity index (χ1) is 15.9. The molecule has 1 atom stereocenters. The fourth-order valence-corrected chi connectivity index (χ4v) is 3.76. The first kappa shape index (κ1) is 21.1. The lowest BCUT2D eigenvalue weighted by Gasteiger charge is -2.21. The van der Waals surface area contributed by atoms with Crippen LogP contribution < -0.4 is 5.32 Å². The van der Waals surface area contributed by atoms with Gasteiger partial charge in [0.1, 0.15) is 5.52 Å². The van der Waals surface area contributed by atoms with Crippen LogP contribution in [0.3, 0.4) is 0 Å². The minimum absolute atomic E-state index is 0.0304. The molecule has 4 aromatic heterocycles. The van der Waals surface area contributed by atoms with Crippen molar-refractivity contribution in [3.8, 4) is 16.9 Å². The summed E-state index contributed by atoms with van der Waals surface area (Å²) in [5, 5.41) is 6.89. The molecular weight excluding hydrogens is 435 g/mol. The predicted molar refractivity (Wildman–Crippen MR) is 113 cm³/mol. The predicted octanol–water partition coefficient (Wildman–Crippen LogP) is 3.77. The minimum atomic E-state index is -4.44. The van der Waals surface area contributed by atoms with Crippen molar-refractivity contribution in [3.63, 3.8) is 0 Å². The maximum Gasteiger partial charge on any atom is 0.395 e. The van der Waals surface area contributed by atoms with Gasteiger partial charge in [-0.1, -0.05) is 6.07 Å². The summed E-state index contributed by atoms with van der Waals surface area (Å²) in [7, 11) is 0. The van der Waals surface area contributed by atoms with Crippen molar-refractivity contribution < 1.29 is 18.0 Å². The summed E-state index contributed by atoms with van der Waals surface area (Å²) in [5.74, 6) is -1.53. The number of halogens is 3. The number of nitrogens with zero attached hydrogens (tertiary/aromatic N) is 5. The van der Waals surface area contributed by atoms with E-state index in [1.54, 1.807) is 24.9 Å². The van der Waals surface area contributed by atoms with Crippen LogP contribution in [0.2, 0.25) is 0 Å². The van der Waals surface area contributed by atoms with Gasteiger partial charge in [0.25, 0.3) is 0 Å². The molecule has 1 aliphatic rings. The molecule has 0 aromatic carbocycles. The molecule has 5 rings (SSSR count). The number of aromatic nitrogens is 6. The molecule has 0 saturated heterocycles. The van der Waals surface area contributed by atoms with E-state index < -0.39 is 12.1 Å². The highest BCUT2D eigenvalue weighted by Gasteiger charge is 2.40. The van der Waals surface area contributed by atoms with E-state index in [2.05, 4.69) is 30.4 Å². The van der Waals surface area contributed by atoms with Gasteiger partial charge in [-0.15, -0.1) is 0 Å².